The van der Waals surface area contributed by atoms with Gasteiger partial charge < -0.3 is 15.8 Å². The first-order valence-electron chi connectivity index (χ1n) is 9.92. The monoisotopic (exact) mass is 457 g/mol. The first-order valence-corrected chi connectivity index (χ1v) is 11.6. The van der Waals surface area contributed by atoms with E-state index in [-0.39, 0.29) is 17.2 Å². The number of rotatable bonds is 4. The van der Waals surface area contributed by atoms with Crippen LogP contribution in [0.3, 0.4) is 0 Å². The van der Waals surface area contributed by atoms with Crippen LogP contribution >= 0.6 is 0 Å². The molecule has 3 N–H and O–H groups in total. The van der Waals surface area contributed by atoms with E-state index in [0.717, 1.165) is 0 Å². The Morgan fingerprint density at radius 2 is 1.94 bits per heavy atom. The highest BCUT2D eigenvalue weighted by atomic mass is 32.2. The molecule has 1 aromatic heterocycles. The summed E-state index contributed by atoms with van der Waals surface area (Å²) in [4.78, 5) is 13.2. The second-order valence-corrected chi connectivity index (χ2v) is 11.0. The lowest BCUT2D eigenvalue weighted by Crippen LogP contribution is -2.54. The van der Waals surface area contributed by atoms with Gasteiger partial charge in [-0.25, -0.2) is 22.8 Å². The van der Waals surface area contributed by atoms with E-state index in [2.05, 4.69) is 20.3 Å². The van der Waals surface area contributed by atoms with Crippen molar-refractivity contribution >= 4 is 38.1 Å². The van der Waals surface area contributed by atoms with Gasteiger partial charge in [0.2, 0.25) is 5.88 Å². The second-order valence-electron chi connectivity index (χ2n) is 8.45. The number of methoxy groups -OCH3 is 1. The summed E-state index contributed by atoms with van der Waals surface area (Å²) in [5.74, 6) is -0.564. The molecule has 168 valence electrons. The first-order chi connectivity index (χ1) is 15.0. The van der Waals surface area contributed by atoms with Crippen molar-refractivity contribution in [2.45, 2.75) is 31.1 Å². The Bertz CT molecular complexity index is 1360. The van der Waals surface area contributed by atoms with Gasteiger partial charge >= 0.3 is 0 Å². The van der Waals surface area contributed by atoms with E-state index in [0.29, 0.717) is 28.3 Å². The van der Waals surface area contributed by atoms with Crippen molar-refractivity contribution in [2.75, 3.05) is 18.2 Å². The molecule has 4 rings (SSSR count). The van der Waals surface area contributed by atoms with Crippen molar-refractivity contribution in [3.8, 4) is 5.88 Å². The van der Waals surface area contributed by atoms with Gasteiger partial charge in [0.25, 0.3) is 0 Å². The summed E-state index contributed by atoms with van der Waals surface area (Å²) in [6, 6.07) is 9.82. The zero-order chi connectivity index (χ0) is 23.3. The third kappa shape index (κ3) is 3.54. The zero-order valence-electron chi connectivity index (χ0n) is 18.2. The molecule has 0 aliphatic carbocycles. The fourth-order valence-corrected chi connectivity index (χ4v) is 5.36. The fraction of sp³-hybridized carbons (Fsp3) is 0.318. The van der Waals surface area contributed by atoms with Crippen molar-refractivity contribution in [3.05, 3.63) is 54.0 Å². The van der Waals surface area contributed by atoms with Crippen LogP contribution in [0.4, 0.5) is 15.8 Å². The van der Waals surface area contributed by atoms with Crippen LogP contribution in [0, 0.1) is 5.82 Å². The summed E-state index contributed by atoms with van der Waals surface area (Å²) < 4.78 is 44.4. The fourth-order valence-electron chi connectivity index (χ4n) is 3.68. The summed E-state index contributed by atoms with van der Waals surface area (Å²) in [5.41, 5.74) is 7.22. The molecule has 32 heavy (non-hydrogen) atoms. The summed E-state index contributed by atoms with van der Waals surface area (Å²) in [5, 5.41) is 3.22. The Morgan fingerprint density at radius 3 is 2.62 bits per heavy atom. The Hall–Kier alpha value is -3.27. The van der Waals surface area contributed by atoms with E-state index >= 15 is 0 Å². The van der Waals surface area contributed by atoms with Crippen molar-refractivity contribution in [3.63, 3.8) is 0 Å². The number of ether oxygens (including phenoxy) is 1. The number of halogens is 1. The van der Waals surface area contributed by atoms with Crippen LogP contribution in [0.25, 0.3) is 11.0 Å². The summed E-state index contributed by atoms with van der Waals surface area (Å²) in [7, 11) is -2.15. The number of fused-ring (bicyclic) bond motifs is 1. The van der Waals surface area contributed by atoms with Gasteiger partial charge in [-0.1, -0.05) is 6.07 Å². The van der Waals surface area contributed by atoms with E-state index in [1.54, 1.807) is 25.1 Å². The molecule has 1 aliphatic rings. The number of nitrogens with zero attached hydrogens (tertiary/aromatic N) is 3. The van der Waals surface area contributed by atoms with Crippen LogP contribution in [-0.4, -0.2) is 41.8 Å². The molecule has 1 unspecified atom stereocenters. The molecule has 8 nitrogen and oxygen atoms in total. The molecule has 0 fully saturated rings. The van der Waals surface area contributed by atoms with E-state index in [9.17, 15) is 12.8 Å². The predicted molar refractivity (Wildman–Crippen MR) is 123 cm³/mol. The number of anilines is 2. The quantitative estimate of drug-likeness (QED) is 0.617. The molecular formula is C22H24FN5O3S. The SMILES string of the molecule is COc1cnc2c(Nc3ccc(F)c(C4(C)CS(=O)(=O)C(C)(C)C(N)=N4)c3)cccc2n1. The first kappa shape index (κ1) is 21.9. The maximum absolute atomic E-state index is 14.9. The van der Waals surface area contributed by atoms with Crippen LogP contribution in [0.2, 0.25) is 0 Å². The number of amidine groups is 1. The van der Waals surface area contributed by atoms with Gasteiger partial charge in [-0.2, -0.15) is 0 Å². The molecule has 10 heteroatoms. The highest BCUT2D eigenvalue weighted by molar-refractivity contribution is 7.93. The van der Waals surface area contributed by atoms with Gasteiger partial charge in [0.05, 0.1) is 30.3 Å². The molecule has 1 aliphatic heterocycles. The highest BCUT2D eigenvalue weighted by Crippen LogP contribution is 2.39. The van der Waals surface area contributed by atoms with Crippen LogP contribution in [0.15, 0.2) is 47.6 Å². The number of hydrogen-bond acceptors (Lipinski definition) is 8. The van der Waals surface area contributed by atoms with Crippen molar-refractivity contribution in [1.29, 1.82) is 0 Å². The van der Waals surface area contributed by atoms with Gasteiger partial charge in [-0.15, -0.1) is 0 Å². The largest absolute Gasteiger partial charge is 0.480 e. The number of aromatic nitrogens is 2. The number of hydrogen-bond donors (Lipinski definition) is 2. The van der Waals surface area contributed by atoms with Gasteiger partial charge in [0.1, 0.15) is 27.5 Å². The lowest BCUT2D eigenvalue weighted by Gasteiger charge is -2.38. The maximum Gasteiger partial charge on any atom is 0.232 e. The van der Waals surface area contributed by atoms with Crippen LogP contribution < -0.4 is 15.8 Å². The number of nitrogens with one attached hydrogen (secondary N) is 1. The maximum atomic E-state index is 14.9. The standard InChI is InChI=1S/C22H24FN5O3S/c1-21(2)20(24)28-22(3,12-32(21,29)30)14-10-13(8-9-15(14)23)26-16-6-5-7-17-19(16)25-11-18(27-17)31-4/h5-11,26H,12H2,1-4H3,(H2,24,28). The van der Waals surface area contributed by atoms with Gasteiger partial charge in [-0.3, -0.25) is 4.99 Å². The normalized spacial score (nSPS) is 21.7. The average molecular weight is 458 g/mol. The minimum absolute atomic E-state index is 0.0395. The Balaban J connectivity index is 1.77. The molecular weight excluding hydrogens is 433 g/mol. The molecule has 0 radical (unpaired) electrons. The average Bonchev–Trinajstić information content (AvgIpc) is 2.73. The zero-order valence-corrected chi connectivity index (χ0v) is 19.0. The molecule has 0 saturated carbocycles. The molecule has 0 spiro atoms. The number of sulfone groups is 1. The number of benzene rings is 2. The third-order valence-electron chi connectivity index (χ3n) is 5.82. The van der Waals surface area contributed by atoms with Crippen molar-refractivity contribution in [1.82, 2.24) is 9.97 Å². The Morgan fingerprint density at radius 1 is 1.19 bits per heavy atom. The Kier molecular flexibility index (Phi) is 5.08. The molecule has 0 bridgehead atoms. The van der Waals surface area contributed by atoms with Crippen molar-refractivity contribution < 1.29 is 17.5 Å². The second kappa shape index (κ2) is 7.40. The third-order valence-corrected chi connectivity index (χ3v) is 8.52. The molecule has 2 aromatic carbocycles. The van der Waals surface area contributed by atoms with Gasteiger partial charge in [0, 0.05) is 11.3 Å². The topological polar surface area (TPSA) is 120 Å². The number of aliphatic imine (C=N–C) groups is 1. The highest BCUT2D eigenvalue weighted by Gasteiger charge is 2.49. The van der Waals surface area contributed by atoms with E-state index in [1.165, 1.54) is 33.2 Å². The molecule has 0 saturated heterocycles. The summed E-state index contributed by atoms with van der Waals surface area (Å²) in [6.07, 6.45) is 1.51. The van der Waals surface area contributed by atoms with E-state index < -0.39 is 25.9 Å². The molecule has 3 aromatic rings. The predicted octanol–water partition coefficient (Wildman–Crippen LogP) is 3.30. The van der Waals surface area contributed by atoms with Crippen LogP contribution in [-0.2, 0) is 15.4 Å². The van der Waals surface area contributed by atoms with Gasteiger partial charge in [0.15, 0.2) is 9.84 Å². The van der Waals surface area contributed by atoms with E-state index in [4.69, 9.17) is 10.5 Å². The molecule has 1 atom stereocenters. The Labute approximate surface area is 185 Å². The van der Waals surface area contributed by atoms with Crippen molar-refractivity contribution in [2.24, 2.45) is 10.7 Å². The number of para-hydroxylation sites is 1. The van der Waals surface area contributed by atoms with E-state index in [1.807, 2.05) is 12.1 Å². The minimum atomic E-state index is -3.66. The minimum Gasteiger partial charge on any atom is -0.480 e. The lowest BCUT2D eigenvalue weighted by molar-refractivity contribution is 0.397. The molecule has 2 heterocycles. The van der Waals surface area contributed by atoms with Crippen LogP contribution in [0.1, 0.15) is 26.3 Å². The van der Waals surface area contributed by atoms with Gasteiger partial charge in [-0.05, 0) is 51.1 Å². The smallest absolute Gasteiger partial charge is 0.232 e. The van der Waals surface area contributed by atoms with Crippen LogP contribution in [0.5, 0.6) is 5.88 Å². The summed E-state index contributed by atoms with van der Waals surface area (Å²) >= 11 is 0. The lowest BCUT2D eigenvalue weighted by atomic mass is 9.92. The summed E-state index contributed by atoms with van der Waals surface area (Å²) in [6.45, 7) is 4.59. The molecule has 0 amide bonds. The number of nitrogens with two attached hydrogens (primary N) is 1.